The molecule has 1 nitrogen and oxygen atoms in total. The number of rotatable bonds is 6. The van der Waals surface area contributed by atoms with Crippen LogP contribution in [0.25, 0.3) is 64.7 Å². The summed E-state index contributed by atoms with van der Waals surface area (Å²) in [7, 11) is 0. The zero-order valence-electron chi connectivity index (χ0n) is 29.8. The SMILES string of the molecule is CC1(C)c2ccccc2-c2ccc(-c3ccc(N(c4ccc(-c5ccccc5)cc4)c4ccc(-c5ccc6sc7ccccc7c6c5)cc4)cc3)cc21. The lowest BCUT2D eigenvalue weighted by Gasteiger charge is -2.26. The molecule has 1 aromatic heterocycles. The van der Waals surface area contributed by atoms with E-state index in [1.807, 2.05) is 11.3 Å². The molecule has 1 heterocycles. The number of fused-ring (bicyclic) bond motifs is 6. The average Bonchev–Trinajstić information content (AvgIpc) is 3.70. The Labute approximate surface area is 315 Å². The summed E-state index contributed by atoms with van der Waals surface area (Å²) < 4.78 is 2.66. The molecule has 0 aliphatic heterocycles. The number of anilines is 3. The van der Waals surface area contributed by atoms with Gasteiger partial charge in [-0.1, -0.05) is 141 Å². The molecule has 0 radical (unpaired) electrons. The Bertz CT molecular complexity index is 2770. The van der Waals surface area contributed by atoms with Gasteiger partial charge in [0.05, 0.1) is 0 Å². The third-order valence-corrected chi connectivity index (χ3v) is 12.3. The molecule has 0 spiro atoms. The summed E-state index contributed by atoms with van der Waals surface area (Å²) in [6, 6.07) is 69.0. The first-order valence-corrected chi connectivity index (χ1v) is 19.2. The lowest BCUT2D eigenvalue weighted by atomic mass is 9.81. The maximum Gasteiger partial charge on any atom is 0.0462 e. The summed E-state index contributed by atoms with van der Waals surface area (Å²) in [5, 5.41) is 2.65. The Balaban J connectivity index is 1.01. The zero-order valence-corrected chi connectivity index (χ0v) is 30.6. The van der Waals surface area contributed by atoms with Crippen molar-refractivity contribution in [3.8, 4) is 44.5 Å². The first-order valence-electron chi connectivity index (χ1n) is 18.3. The third kappa shape index (κ3) is 5.37. The summed E-state index contributed by atoms with van der Waals surface area (Å²) in [6.07, 6.45) is 0. The molecule has 53 heavy (non-hydrogen) atoms. The van der Waals surface area contributed by atoms with Gasteiger partial charge in [0, 0.05) is 42.6 Å². The molecule has 1 aliphatic rings. The normalized spacial score (nSPS) is 12.9. The molecule has 10 rings (SSSR count). The highest BCUT2D eigenvalue weighted by molar-refractivity contribution is 7.25. The van der Waals surface area contributed by atoms with Crippen LogP contribution in [0.3, 0.4) is 0 Å². The van der Waals surface area contributed by atoms with Crippen LogP contribution in [0.5, 0.6) is 0 Å². The van der Waals surface area contributed by atoms with E-state index in [0.29, 0.717) is 0 Å². The average molecular weight is 696 g/mol. The van der Waals surface area contributed by atoms with E-state index in [4.69, 9.17) is 0 Å². The second kappa shape index (κ2) is 12.5. The van der Waals surface area contributed by atoms with E-state index in [1.165, 1.54) is 75.8 Å². The molecule has 0 unspecified atom stereocenters. The predicted molar refractivity (Wildman–Crippen MR) is 228 cm³/mol. The van der Waals surface area contributed by atoms with Gasteiger partial charge in [0.25, 0.3) is 0 Å². The van der Waals surface area contributed by atoms with Crippen molar-refractivity contribution in [3.05, 3.63) is 199 Å². The second-order valence-corrected chi connectivity index (χ2v) is 15.7. The minimum atomic E-state index is -0.0278. The van der Waals surface area contributed by atoms with Gasteiger partial charge < -0.3 is 4.90 Å². The Morgan fingerprint density at radius 1 is 0.358 bits per heavy atom. The Morgan fingerprint density at radius 2 is 0.830 bits per heavy atom. The van der Waals surface area contributed by atoms with E-state index < -0.39 is 0 Å². The second-order valence-electron chi connectivity index (χ2n) is 14.6. The Hall–Kier alpha value is -6.22. The van der Waals surface area contributed by atoms with Crippen LogP contribution in [0.1, 0.15) is 25.0 Å². The van der Waals surface area contributed by atoms with Crippen molar-refractivity contribution < 1.29 is 0 Å². The molecule has 0 saturated carbocycles. The molecule has 0 fully saturated rings. The van der Waals surface area contributed by atoms with Crippen molar-refractivity contribution in [2.45, 2.75) is 19.3 Å². The Morgan fingerprint density at radius 3 is 1.51 bits per heavy atom. The lowest BCUT2D eigenvalue weighted by Crippen LogP contribution is -2.14. The van der Waals surface area contributed by atoms with Crippen molar-refractivity contribution in [2.24, 2.45) is 0 Å². The van der Waals surface area contributed by atoms with Crippen LogP contribution in [-0.4, -0.2) is 0 Å². The molecular formula is C51H37NS. The van der Waals surface area contributed by atoms with Gasteiger partial charge in [0.2, 0.25) is 0 Å². The molecular weight excluding hydrogens is 659 g/mol. The van der Waals surface area contributed by atoms with Crippen molar-refractivity contribution in [1.82, 2.24) is 0 Å². The molecule has 0 amide bonds. The highest BCUT2D eigenvalue weighted by atomic mass is 32.1. The van der Waals surface area contributed by atoms with Gasteiger partial charge >= 0.3 is 0 Å². The highest BCUT2D eigenvalue weighted by Crippen LogP contribution is 2.49. The topological polar surface area (TPSA) is 3.24 Å². The van der Waals surface area contributed by atoms with Gasteiger partial charge in [-0.05, 0) is 116 Å². The van der Waals surface area contributed by atoms with Crippen LogP contribution >= 0.6 is 11.3 Å². The monoisotopic (exact) mass is 695 g/mol. The van der Waals surface area contributed by atoms with Crippen molar-refractivity contribution >= 4 is 48.6 Å². The molecule has 0 N–H and O–H groups in total. The third-order valence-electron chi connectivity index (χ3n) is 11.1. The van der Waals surface area contributed by atoms with Crippen molar-refractivity contribution in [3.63, 3.8) is 0 Å². The fourth-order valence-electron chi connectivity index (χ4n) is 8.28. The van der Waals surface area contributed by atoms with Crippen LogP contribution in [0.2, 0.25) is 0 Å². The van der Waals surface area contributed by atoms with Gasteiger partial charge in [-0.3, -0.25) is 0 Å². The smallest absolute Gasteiger partial charge is 0.0462 e. The highest BCUT2D eigenvalue weighted by Gasteiger charge is 2.35. The van der Waals surface area contributed by atoms with Crippen LogP contribution < -0.4 is 4.90 Å². The number of hydrogen-bond acceptors (Lipinski definition) is 2. The number of hydrogen-bond donors (Lipinski definition) is 0. The fraction of sp³-hybridized carbons (Fsp3) is 0.0588. The minimum absolute atomic E-state index is 0.0278. The quantitative estimate of drug-likeness (QED) is 0.167. The maximum absolute atomic E-state index is 2.40. The maximum atomic E-state index is 2.40. The van der Waals surface area contributed by atoms with Gasteiger partial charge in [-0.25, -0.2) is 0 Å². The Kier molecular flexibility index (Phi) is 7.42. The number of nitrogens with zero attached hydrogens (tertiary/aromatic N) is 1. The largest absolute Gasteiger partial charge is 0.311 e. The van der Waals surface area contributed by atoms with E-state index in [2.05, 4.69) is 207 Å². The summed E-state index contributed by atoms with van der Waals surface area (Å²) in [6.45, 7) is 4.69. The molecule has 1 aliphatic carbocycles. The van der Waals surface area contributed by atoms with Crippen LogP contribution in [0, 0.1) is 0 Å². The van der Waals surface area contributed by atoms with E-state index in [0.717, 1.165) is 17.1 Å². The summed E-state index contributed by atoms with van der Waals surface area (Å²) in [5.74, 6) is 0. The first kappa shape index (κ1) is 31.5. The molecule has 2 heteroatoms. The fourth-order valence-corrected chi connectivity index (χ4v) is 9.36. The van der Waals surface area contributed by atoms with E-state index in [-0.39, 0.29) is 5.41 Å². The van der Waals surface area contributed by atoms with Crippen LogP contribution in [0.4, 0.5) is 17.1 Å². The molecule has 9 aromatic rings. The molecule has 0 saturated heterocycles. The van der Waals surface area contributed by atoms with Crippen molar-refractivity contribution in [2.75, 3.05) is 4.90 Å². The van der Waals surface area contributed by atoms with Crippen molar-refractivity contribution in [1.29, 1.82) is 0 Å². The summed E-state index contributed by atoms with van der Waals surface area (Å²) >= 11 is 1.86. The molecule has 8 aromatic carbocycles. The van der Waals surface area contributed by atoms with E-state index >= 15 is 0 Å². The summed E-state index contributed by atoms with van der Waals surface area (Å²) in [4.78, 5) is 2.36. The standard InChI is InChI=1S/C51H37NS/c1-51(2)47-14-8-6-12-43(47)44-30-22-39(33-48(44)51)37-20-28-42(29-21-37)52(40-24-16-35(17-25-40)34-10-4-3-5-11-34)41-26-18-36(19-27-41)38-23-31-50-46(32-38)45-13-7-9-15-49(45)53-50/h3-33H,1-2H3. The zero-order chi connectivity index (χ0) is 35.5. The molecule has 0 bridgehead atoms. The predicted octanol–water partition coefficient (Wildman–Crippen LogP) is 14.8. The number of benzene rings is 8. The van der Waals surface area contributed by atoms with Crippen LogP contribution in [0.15, 0.2) is 188 Å². The summed E-state index contributed by atoms with van der Waals surface area (Å²) in [5.41, 5.74) is 16.2. The van der Waals surface area contributed by atoms with E-state index in [1.54, 1.807) is 0 Å². The van der Waals surface area contributed by atoms with Gasteiger partial charge in [-0.15, -0.1) is 11.3 Å². The van der Waals surface area contributed by atoms with E-state index in [9.17, 15) is 0 Å². The van der Waals surface area contributed by atoms with Gasteiger partial charge in [0.1, 0.15) is 0 Å². The molecule has 252 valence electrons. The molecule has 0 atom stereocenters. The lowest BCUT2D eigenvalue weighted by molar-refractivity contribution is 0.660. The minimum Gasteiger partial charge on any atom is -0.311 e. The number of thiophene rings is 1. The van der Waals surface area contributed by atoms with Gasteiger partial charge in [-0.2, -0.15) is 0 Å². The van der Waals surface area contributed by atoms with Crippen LogP contribution in [-0.2, 0) is 5.41 Å². The first-order chi connectivity index (χ1) is 26.0. The van der Waals surface area contributed by atoms with Gasteiger partial charge in [0.15, 0.2) is 0 Å².